The van der Waals surface area contributed by atoms with Gasteiger partial charge in [0.1, 0.15) is 0 Å². The predicted octanol–water partition coefficient (Wildman–Crippen LogP) is 3.24. The molecule has 1 aromatic carbocycles. The van der Waals surface area contributed by atoms with Crippen LogP contribution in [0, 0.1) is 6.92 Å². The molecule has 1 nitrogen and oxygen atoms in total. The first-order chi connectivity index (χ1) is 6.24. The summed E-state index contributed by atoms with van der Waals surface area (Å²) < 4.78 is 0. The van der Waals surface area contributed by atoms with E-state index in [4.69, 9.17) is 0 Å². The van der Waals surface area contributed by atoms with Gasteiger partial charge in [-0.05, 0) is 18.9 Å². The summed E-state index contributed by atoms with van der Waals surface area (Å²) in [5.74, 6) is 0.238. The molecule has 1 aromatic rings. The molecule has 0 saturated heterocycles. The number of ketones is 1. The van der Waals surface area contributed by atoms with E-state index in [1.807, 2.05) is 24.3 Å². The van der Waals surface area contributed by atoms with E-state index in [1.54, 1.807) is 0 Å². The quantitative estimate of drug-likeness (QED) is 0.642. The molecule has 0 unspecified atom stereocenters. The van der Waals surface area contributed by atoms with Gasteiger partial charge >= 0.3 is 0 Å². The van der Waals surface area contributed by atoms with Crippen LogP contribution in [0.4, 0.5) is 0 Å². The van der Waals surface area contributed by atoms with E-state index in [-0.39, 0.29) is 5.78 Å². The molecule has 0 fully saturated rings. The van der Waals surface area contributed by atoms with Gasteiger partial charge in [0.25, 0.3) is 0 Å². The second-order valence-corrected chi connectivity index (χ2v) is 3.22. The number of unbranched alkanes of at least 4 members (excludes halogenated alkanes) is 1. The molecule has 1 heteroatoms. The van der Waals surface area contributed by atoms with E-state index in [0.29, 0.717) is 6.42 Å². The van der Waals surface area contributed by atoms with Gasteiger partial charge in [-0.2, -0.15) is 0 Å². The van der Waals surface area contributed by atoms with Crippen molar-refractivity contribution < 1.29 is 4.79 Å². The molecule has 0 saturated carbocycles. The number of rotatable bonds is 4. The minimum absolute atomic E-state index is 0.238. The van der Waals surface area contributed by atoms with Crippen molar-refractivity contribution in [1.82, 2.24) is 0 Å². The van der Waals surface area contributed by atoms with Crippen molar-refractivity contribution >= 4 is 5.78 Å². The van der Waals surface area contributed by atoms with Crippen molar-refractivity contribution in [3.05, 3.63) is 42.3 Å². The SMILES string of the molecule is [CH2]c1ccc(C(=O)CCCC)cc1. The Kier molecular flexibility index (Phi) is 3.69. The average molecular weight is 175 g/mol. The van der Waals surface area contributed by atoms with Crippen molar-refractivity contribution in [2.75, 3.05) is 0 Å². The van der Waals surface area contributed by atoms with Crippen LogP contribution >= 0.6 is 0 Å². The minimum Gasteiger partial charge on any atom is -0.294 e. The molecule has 0 heterocycles. The van der Waals surface area contributed by atoms with E-state index in [1.165, 1.54) is 0 Å². The van der Waals surface area contributed by atoms with Crippen LogP contribution in [-0.4, -0.2) is 5.78 Å². The van der Waals surface area contributed by atoms with Gasteiger partial charge in [-0.3, -0.25) is 4.79 Å². The fourth-order valence-electron chi connectivity index (χ4n) is 1.17. The number of carbonyl (C=O) groups is 1. The zero-order valence-corrected chi connectivity index (χ0v) is 8.05. The van der Waals surface area contributed by atoms with Gasteiger partial charge in [-0.25, -0.2) is 0 Å². The molecule has 1 radical (unpaired) electrons. The molecule has 1 rings (SSSR count). The van der Waals surface area contributed by atoms with Crippen molar-refractivity contribution in [2.45, 2.75) is 26.2 Å². The van der Waals surface area contributed by atoms with E-state index < -0.39 is 0 Å². The Bertz CT molecular complexity index is 272. The lowest BCUT2D eigenvalue weighted by atomic mass is 10.0. The van der Waals surface area contributed by atoms with Gasteiger partial charge < -0.3 is 0 Å². The Morgan fingerprint density at radius 3 is 2.46 bits per heavy atom. The second kappa shape index (κ2) is 4.80. The highest BCUT2D eigenvalue weighted by atomic mass is 16.1. The Labute approximate surface area is 79.8 Å². The van der Waals surface area contributed by atoms with Gasteiger partial charge in [-0.1, -0.05) is 37.6 Å². The number of carbonyl (C=O) groups excluding carboxylic acids is 1. The summed E-state index contributed by atoms with van der Waals surface area (Å²) in [5.41, 5.74) is 1.76. The molecule has 0 aliphatic heterocycles. The lowest BCUT2D eigenvalue weighted by Crippen LogP contribution is -1.98. The van der Waals surface area contributed by atoms with Crippen LogP contribution in [0.2, 0.25) is 0 Å². The predicted molar refractivity (Wildman–Crippen MR) is 54.8 cm³/mol. The Morgan fingerprint density at radius 2 is 1.92 bits per heavy atom. The highest BCUT2D eigenvalue weighted by Gasteiger charge is 2.03. The monoisotopic (exact) mass is 175 g/mol. The molecule has 13 heavy (non-hydrogen) atoms. The normalized spacial score (nSPS) is 10.0. The highest BCUT2D eigenvalue weighted by molar-refractivity contribution is 5.96. The second-order valence-electron chi connectivity index (χ2n) is 3.22. The molecule has 0 spiro atoms. The van der Waals surface area contributed by atoms with Gasteiger partial charge in [0, 0.05) is 12.0 Å². The Morgan fingerprint density at radius 1 is 1.31 bits per heavy atom. The lowest BCUT2D eigenvalue weighted by molar-refractivity contribution is 0.0980. The number of hydrogen-bond acceptors (Lipinski definition) is 1. The first-order valence-corrected chi connectivity index (χ1v) is 4.69. The maximum Gasteiger partial charge on any atom is 0.162 e. The zero-order chi connectivity index (χ0) is 9.68. The van der Waals surface area contributed by atoms with Gasteiger partial charge in [0.15, 0.2) is 5.78 Å². The Hall–Kier alpha value is -1.11. The fourth-order valence-corrected chi connectivity index (χ4v) is 1.17. The van der Waals surface area contributed by atoms with Crippen molar-refractivity contribution in [3.8, 4) is 0 Å². The number of Topliss-reactive ketones (excluding diaryl/α,β-unsaturated/α-hetero) is 1. The summed E-state index contributed by atoms with van der Waals surface area (Å²) in [6, 6.07) is 7.44. The minimum atomic E-state index is 0.238. The molecule has 0 aliphatic rings. The largest absolute Gasteiger partial charge is 0.294 e. The van der Waals surface area contributed by atoms with E-state index >= 15 is 0 Å². The van der Waals surface area contributed by atoms with Crippen LogP contribution in [0.5, 0.6) is 0 Å². The van der Waals surface area contributed by atoms with Gasteiger partial charge in [0.2, 0.25) is 0 Å². The van der Waals surface area contributed by atoms with Crippen molar-refractivity contribution in [2.24, 2.45) is 0 Å². The molecule has 0 aliphatic carbocycles. The molecule has 0 bridgehead atoms. The van der Waals surface area contributed by atoms with Crippen LogP contribution in [0.3, 0.4) is 0 Å². The van der Waals surface area contributed by atoms with Crippen LogP contribution in [0.1, 0.15) is 42.1 Å². The molecular weight excluding hydrogens is 160 g/mol. The summed E-state index contributed by atoms with van der Waals surface area (Å²) in [6.07, 6.45) is 2.71. The third-order valence-electron chi connectivity index (χ3n) is 2.03. The number of hydrogen-bond donors (Lipinski definition) is 0. The smallest absolute Gasteiger partial charge is 0.162 e. The summed E-state index contributed by atoms with van der Waals surface area (Å²) in [5, 5.41) is 0. The zero-order valence-electron chi connectivity index (χ0n) is 8.05. The summed E-state index contributed by atoms with van der Waals surface area (Å²) in [7, 11) is 0. The first-order valence-electron chi connectivity index (χ1n) is 4.69. The summed E-state index contributed by atoms with van der Waals surface area (Å²) >= 11 is 0. The maximum absolute atomic E-state index is 11.5. The number of benzene rings is 1. The van der Waals surface area contributed by atoms with Crippen LogP contribution in [-0.2, 0) is 0 Å². The molecule has 0 aromatic heterocycles. The van der Waals surface area contributed by atoms with Crippen molar-refractivity contribution in [3.63, 3.8) is 0 Å². The third kappa shape index (κ3) is 3.02. The third-order valence-corrected chi connectivity index (χ3v) is 2.03. The standard InChI is InChI=1S/C12H15O/c1-3-4-5-12(13)11-8-6-10(2)7-9-11/h6-9H,2-5H2,1H3. The average Bonchev–Trinajstić information content (AvgIpc) is 2.15. The van der Waals surface area contributed by atoms with Gasteiger partial charge in [0.05, 0.1) is 0 Å². The molecule has 0 atom stereocenters. The molecule has 0 amide bonds. The van der Waals surface area contributed by atoms with Crippen LogP contribution in [0.15, 0.2) is 24.3 Å². The summed E-state index contributed by atoms with van der Waals surface area (Å²) in [6.45, 7) is 5.86. The molecular formula is C12H15O. The van der Waals surface area contributed by atoms with E-state index in [9.17, 15) is 4.79 Å². The summed E-state index contributed by atoms with van der Waals surface area (Å²) in [4.78, 5) is 11.5. The fraction of sp³-hybridized carbons (Fsp3) is 0.333. The lowest BCUT2D eigenvalue weighted by Gasteiger charge is -1.99. The van der Waals surface area contributed by atoms with Crippen LogP contribution in [0.25, 0.3) is 0 Å². The van der Waals surface area contributed by atoms with Crippen LogP contribution < -0.4 is 0 Å². The first kappa shape index (κ1) is 9.97. The van der Waals surface area contributed by atoms with Crippen molar-refractivity contribution in [1.29, 1.82) is 0 Å². The maximum atomic E-state index is 11.5. The van der Waals surface area contributed by atoms with E-state index in [2.05, 4.69) is 13.8 Å². The Balaban J connectivity index is 2.61. The van der Waals surface area contributed by atoms with Gasteiger partial charge in [-0.15, -0.1) is 0 Å². The molecule has 0 N–H and O–H groups in total. The highest BCUT2D eigenvalue weighted by Crippen LogP contribution is 2.08. The topological polar surface area (TPSA) is 17.1 Å². The van der Waals surface area contributed by atoms with E-state index in [0.717, 1.165) is 24.0 Å². The molecule has 69 valence electrons.